The third-order valence-corrected chi connectivity index (χ3v) is 5.27. The summed E-state index contributed by atoms with van der Waals surface area (Å²) in [4.78, 5) is 7.16. The monoisotopic (exact) mass is 350 g/mol. The number of hydrogen-bond donors (Lipinski definition) is 2. The van der Waals surface area contributed by atoms with Gasteiger partial charge in [-0.05, 0) is 37.1 Å². The Hall–Kier alpha value is -2.33. The van der Waals surface area contributed by atoms with Crippen LogP contribution in [-0.4, -0.2) is 43.1 Å². The van der Waals surface area contributed by atoms with E-state index in [1.807, 2.05) is 12.1 Å². The lowest BCUT2D eigenvalue weighted by molar-refractivity contribution is 0.267. The van der Waals surface area contributed by atoms with E-state index in [1.165, 1.54) is 30.5 Å². The molecular formula is C22H30N4. The Morgan fingerprint density at radius 2 is 1.73 bits per heavy atom. The van der Waals surface area contributed by atoms with Crippen molar-refractivity contribution in [1.29, 1.82) is 0 Å². The van der Waals surface area contributed by atoms with Gasteiger partial charge in [0.15, 0.2) is 5.96 Å². The van der Waals surface area contributed by atoms with Gasteiger partial charge in [-0.1, -0.05) is 67.6 Å². The van der Waals surface area contributed by atoms with Gasteiger partial charge in [-0.3, -0.25) is 9.89 Å². The molecule has 2 aromatic carbocycles. The van der Waals surface area contributed by atoms with Gasteiger partial charge in [0.25, 0.3) is 0 Å². The van der Waals surface area contributed by atoms with E-state index in [0.717, 1.165) is 13.1 Å². The van der Waals surface area contributed by atoms with Crippen molar-refractivity contribution in [1.82, 2.24) is 10.2 Å². The maximum Gasteiger partial charge on any atom is 0.188 e. The molecule has 1 atom stereocenters. The number of likely N-dealkylation sites (N-methyl/N-ethyl adjacent to an activating group) is 1. The number of nitrogens with one attached hydrogen (secondary N) is 1. The van der Waals surface area contributed by atoms with Crippen LogP contribution < -0.4 is 11.1 Å². The highest BCUT2D eigenvalue weighted by Crippen LogP contribution is 2.24. The minimum atomic E-state index is 0.219. The van der Waals surface area contributed by atoms with Crippen molar-refractivity contribution >= 4 is 5.96 Å². The predicted molar refractivity (Wildman–Crippen MR) is 109 cm³/mol. The first-order chi connectivity index (χ1) is 12.8. The molecule has 26 heavy (non-hydrogen) atoms. The predicted octanol–water partition coefficient (Wildman–Crippen LogP) is 3.21. The third-order valence-electron chi connectivity index (χ3n) is 5.27. The summed E-state index contributed by atoms with van der Waals surface area (Å²) in [6.07, 6.45) is 2.52. The van der Waals surface area contributed by atoms with E-state index in [2.05, 4.69) is 70.7 Å². The van der Waals surface area contributed by atoms with Crippen LogP contribution in [0.15, 0.2) is 65.7 Å². The molecule has 138 valence electrons. The molecule has 4 heteroatoms. The molecule has 3 N–H and O–H groups in total. The zero-order valence-electron chi connectivity index (χ0n) is 15.6. The highest BCUT2D eigenvalue weighted by Gasteiger charge is 2.22. The van der Waals surface area contributed by atoms with Crippen LogP contribution in [0.4, 0.5) is 0 Å². The van der Waals surface area contributed by atoms with Gasteiger partial charge in [0, 0.05) is 18.5 Å². The van der Waals surface area contributed by atoms with Crippen molar-refractivity contribution in [2.75, 3.05) is 26.2 Å². The Bertz CT molecular complexity index is 644. The zero-order chi connectivity index (χ0) is 18.2. The van der Waals surface area contributed by atoms with Crippen molar-refractivity contribution in [2.24, 2.45) is 10.7 Å². The standard InChI is InChI=1S/C22H30N4/c1-2-26-15-9-14-20(26)16-24-22(23)25-17-21(18-10-5-3-6-11-18)19-12-7-4-8-13-19/h3-8,10-13,20-21H,2,9,14-17H2,1H3,(H3,23,24,25). The van der Waals surface area contributed by atoms with Gasteiger partial charge < -0.3 is 11.1 Å². The van der Waals surface area contributed by atoms with Gasteiger partial charge in [0.05, 0.1) is 6.54 Å². The minimum absolute atomic E-state index is 0.219. The first kappa shape index (κ1) is 18.5. The van der Waals surface area contributed by atoms with Crippen molar-refractivity contribution in [2.45, 2.75) is 31.7 Å². The maximum absolute atomic E-state index is 6.16. The normalized spacial score (nSPS) is 18.4. The van der Waals surface area contributed by atoms with E-state index >= 15 is 0 Å². The zero-order valence-corrected chi connectivity index (χ0v) is 15.6. The summed E-state index contributed by atoms with van der Waals surface area (Å²) in [5, 5.41) is 3.33. The summed E-state index contributed by atoms with van der Waals surface area (Å²) in [5.74, 6) is 0.765. The molecule has 1 unspecified atom stereocenters. The van der Waals surface area contributed by atoms with Crippen LogP contribution in [0.1, 0.15) is 36.8 Å². The van der Waals surface area contributed by atoms with Crippen molar-refractivity contribution < 1.29 is 0 Å². The third kappa shape index (κ3) is 4.85. The topological polar surface area (TPSA) is 53.6 Å². The number of nitrogens with zero attached hydrogens (tertiary/aromatic N) is 2. The molecule has 0 spiro atoms. The molecule has 2 aromatic rings. The molecule has 0 aromatic heterocycles. The van der Waals surface area contributed by atoms with E-state index < -0.39 is 0 Å². The van der Waals surface area contributed by atoms with Gasteiger partial charge in [-0.25, -0.2) is 0 Å². The van der Waals surface area contributed by atoms with Gasteiger partial charge in [0.1, 0.15) is 0 Å². The van der Waals surface area contributed by atoms with Crippen LogP contribution in [0.3, 0.4) is 0 Å². The molecule has 1 aliphatic heterocycles. The molecule has 0 saturated carbocycles. The average molecular weight is 351 g/mol. The highest BCUT2D eigenvalue weighted by molar-refractivity contribution is 5.77. The van der Waals surface area contributed by atoms with E-state index in [-0.39, 0.29) is 5.92 Å². The number of likely N-dealkylation sites (tertiary alicyclic amines) is 1. The Kier molecular flexibility index (Phi) is 6.67. The number of hydrogen-bond acceptors (Lipinski definition) is 2. The maximum atomic E-state index is 6.16. The van der Waals surface area contributed by atoms with Crippen molar-refractivity contribution in [3.05, 3.63) is 71.8 Å². The summed E-state index contributed by atoms with van der Waals surface area (Å²) in [5.41, 5.74) is 8.70. The quantitative estimate of drug-likeness (QED) is 0.595. The molecule has 4 nitrogen and oxygen atoms in total. The fourth-order valence-corrected chi connectivity index (χ4v) is 3.78. The van der Waals surface area contributed by atoms with Gasteiger partial charge in [0.2, 0.25) is 0 Å². The molecule has 3 rings (SSSR count). The number of benzene rings is 2. The molecule has 0 bridgehead atoms. The van der Waals surface area contributed by atoms with E-state index in [1.54, 1.807) is 0 Å². The molecule has 0 amide bonds. The molecule has 1 aliphatic rings. The summed E-state index contributed by atoms with van der Waals surface area (Å²) < 4.78 is 0. The first-order valence-electron chi connectivity index (χ1n) is 9.65. The van der Waals surface area contributed by atoms with Crippen LogP contribution in [0.5, 0.6) is 0 Å². The lowest BCUT2D eigenvalue weighted by Gasteiger charge is -2.23. The summed E-state index contributed by atoms with van der Waals surface area (Å²) >= 11 is 0. The molecule has 1 heterocycles. The summed E-state index contributed by atoms with van der Waals surface area (Å²) in [6, 6.07) is 21.6. The van der Waals surface area contributed by atoms with Crippen LogP contribution in [-0.2, 0) is 0 Å². The van der Waals surface area contributed by atoms with Gasteiger partial charge >= 0.3 is 0 Å². The van der Waals surface area contributed by atoms with Crippen molar-refractivity contribution in [3.8, 4) is 0 Å². The van der Waals surface area contributed by atoms with Crippen molar-refractivity contribution in [3.63, 3.8) is 0 Å². The molecule has 1 saturated heterocycles. The highest BCUT2D eigenvalue weighted by atomic mass is 15.2. The van der Waals surface area contributed by atoms with Crippen LogP contribution >= 0.6 is 0 Å². The van der Waals surface area contributed by atoms with E-state index in [4.69, 9.17) is 5.73 Å². The second-order valence-corrected chi connectivity index (χ2v) is 6.91. The largest absolute Gasteiger partial charge is 0.370 e. The Balaban J connectivity index is 1.64. The fraction of sp³-hybridized carbons (Fsp3) is 0.409. The first-order valence-corrected chi connectivity index (χ1v) is 9.65. The average Bonchev–Trinajstić information content (AvgIpc) is 3.16. The molecular weight excluding hydrogens is 320 g/mol. The lowest BCUT2D eigenvalue weighted by Crippen LogP contribution is -2.42. The summed E-state index contributed by atoms with van der Waals surface area (Å²) in [6.45, 7) is 6.05. The number of guanidine groups is 1. The Labute approximate surface area is 157 Å². The van der Waals surface area contributed by atoms with Gasteiger partial charge in [-0.2, -0.15) is 0 Å². The van der Waals surface area contributed by atoms with Crippen LogP contribution in [0.25, 0.3) is 0 Å². The molecule has 1 fully saturated rings. The van der Waals surface area contributed by atoms with Gasteiger partial charge in [-0.15, -0.1) is 0 Å². The smallest absolute Gasteiger partial charge is 0.188 e. The second-order valence-electron chi connectivity index (χ2n) is 6.91. The SMILES string of the molecule is CCN1CCCC1CNC(N)=NCC(c1ccccc1)c1ccccc1. The molecule has 0 aliphatic carbocycles. The Morgan fingerprint density at radius 1 is 1.12 bits per heavy atom. The number of rotatable bonds is 7. The Morgan fingerprint density at radius 3 is 2.31 bits per heavy atom. The molecule has 0 radical (unpaired) electrons. The lowest BCUT2D eigenvalue weighted by atomic mass is 9.91. The summed E-state index contributed by atoms with van der Waals surface area (Å²) in [7, 11) is 0. The second kappa shape index (κ2) is 9.39. The van der Waals surface area contributed by atoms with Crippen LogP contribution in [0.2, 0.25) is 0 Å². The number of nitrogens with two attached hydrogens (primary N) is 1. The fourth-order valence-electron chi connectivity index (χ4n) is 3.78. The van der Waals surface area contributed by atoms with Crippen LogP contribution in [0, 0.1) is 0 Å². The minimum Gasteiger partial charge on any atom is -0.370 e. The van der Waals surface area contributed by atoms with E-state index in [0.29, 0.717) is 18.5 Å². The van der Waals surface area contributed by atoms with E-state index in [9.17, 15) is 0 Å². The number of aliphatic imine (C=N–C) groups is 1.